The zero-order chi connectivity index (χ0) is 14.6. The molecule has 2 nitrogen and oxygen atoms in total. The molecule has 0 aliphatic carbocycles. The lowest BCUT2D eigenvalue weighted by Crippen LogP contribution is -2.08. The van der Waals surface area contributed by atoms with E-state index in [0.717, 1.165) is 29.5 Å². The predicted octanol–water partition coefficient (Wildman–Crippen LogP) is 4.26. The minimum Gasteiger partial charge on any atom is -0.236 e. The van der Waals surface area contributed by atoms with Crippen LogP contribution in [0.2, 0.25) is 0 Å². The first-order chi connectivity index (χ1) is 9.50. The molecule has 0 aliphatic rings. The van der Waals surface area contributed by atoms with Crippen molar-refractivity contribution in [1.29, 1.82) is 5.26 Å². The third-order valence-electron chi connectivity index (χ3n) is 2.49. The second kappa shape index (κ2) is 5.97. The second-order valence-electron chi connectivity index (χ2n) is 3.93. The molecule has 1 heterocycles. The first kappa shape index (κ1) is 14.4. The van der Waals surface area contributed by atoms with Crippen LogP contribution in [0.15, 0.2) is 47.5 Å². The number of thioether (sulfide) groups is 1. The normalized spacial score (nSPS) is 11.1. The summed E-state index contributed by atoms with van der Waals surface area (Å²) in [6, 6.07) is 13.1. The molecule has 0 amide bonds. The van der Waals surface area contributed by atoms with Crippen LogP contribution in [0.1, 0.15) is 16.8 Å². The molecule has 0 fully saturated rings. The summed E-state index contributed by atoms with van der Waals surface area (Å²) in [6.07, 6.45) is -4.50. The number of aromatic nitrogens is 1. The average Bonchev–Trinajstić information content (AvgIpc) is 2.45. The molecule has 0 N–H and O–H groups in total. The summed E-state index contributed by atoms with van der Waals surface area (Å²) in [6.45, 7) is 0. The van der Waals surface area contributed by atoms with Gasteiger partial charge in [-0.25, -0.2) is 4.98 Å². The topological polar surface area (TPSA) is 36.7 Å². The molecule has 102 valence electrons. The summed E-state index contributed by atoms with van der Waals surface area (Å²) in [5.41, 5.74) is 0.131. The van der Waals surface area contributed by atoms with Gasteiger partial charge >= 0.3 is 6.18 Å². The fourth-order valence-corrected chi connectivity index (χ4v) is 2.45. The molecule has 0 aliphatic heterocycles. The van der Waals surface area contributed by atoms with Gasteiger partial charge in [-0.15, -0.1) is 11.8 Å². The zero-order valence-corrected chi connectivity index (χ0v) is 11.0. The van der Waals surface area contributed by atoms with E-state index in [1.165, 1.54) is 0 Å². The van der Waals surface area contributed by atoms with Crippen molar-refractivity contribution in [3.05, 3.63) is 59.3 Å². The number of nitrogens with zero attached hydrogens (tertiary/aromatic N) is 2. The van der Waals surface area contributed by atoms with Gasteiger partial charge in [-0.05, 0) is 17.7 Å². The fraction of sp³-hybridized carbons (Fsp3) is 0.143. The minimum absolute atomic E-state index is 0.103. The molecule has 1 aromatic heterocycles. The van der Waals surface area contributed by atoms with Crippen molar-refractivity contribution in [2.24, 2.45) is 0 Å². The number of hydrogen-bond acceptors (Lipinski definition) is 3. The van der Waals surface area contributed by atoms with Gasteiger partial charge in [0.25, 0.3) is 0 Å². The Morgan fingerprint density at radius 2 is 1.80 bits per heavy atom. The molecular weight excluding hydrogens is 285 g/mol. The van der Waals surface area contributed by atoms with E-state index in [0.29, 0.717) is 5.75 Å². The highest BCUT2D eigenvalue weighted by Gasteiger charge is 2.33. The Morgan fingerprint density at radius 3 is 2.40 bits per heavy atom. The monoisotopic (exact) mass is 294 g/mol. The summed E-state index contributed by atoms with van der Waals surface area (Å²) >= 11 is 1.12. The third-order valence-corrected chi connectivity index (χ3v) is 3.55. The number of pyridine rings is 1. The lowest BCUT2D eigenvalue weighted by atomic mass is 10.2. The van der Waals surface area contributed by atoms with Gasteiger partial charge in [-0.3, -0.25) is 0 Å². The number of hydrogen-bond donors (Lipinski definition) is 0. The highest BCUT2D eigenvalue weighted by Crippen LogP contribution is 2.31. The Balaban J connectivity index is 2.24. The Bertz CT molecular complexity index is 633. The smallest absolute Gasteiger partial charge is 0.236 e. The minimum atomic E-state index is -4.50. The van der Waals surface area contributed by atoms with Crippen LogP contribution in [0.25, 0.3) is 0 Å². The van der Waals surface area contributed by atoms with Crippen molar-refractivity contribution in [3.8, 4) is 6.07 Å². The molecule has 1 aromatic carbocycles. The first-order valence-electron chi connectivity index (χ1n) is 5.66. The van der Waals surface area contributed by atoms with Gasteiger partial charge in [0, 0.05) is 5.75 Å². The van der Waals surface area contributed by atoms with Gasteiger partial charge in [-0.2, -0.15) is 18.4 Å². The molecule has 0 radical (unpaired) electrons. The van der Waals surface area contributed by atoms with Crippen molar-refractivity contribution in [2.45, 2.75) is 17.0 Å². The van der Waals surface area contributed by atoms with Crippen LogP contribution in [-0.2, 0) is 11.9 Å². The Kier molecular flexibility index (Phi) is 4.30. The van der Waals surface area contributed by atoms with Gasteiger partial charge in [-0.1, -0.05) is 30.3 Å². The Labute approximate surface area is 118 Å². The molecule has 0 bridgehead atoms. The molecule has 0 spiro atoms. The number of rotatable bonds is 3. The van der Waals surface area contributed by atoms with Crippen molar-refractivity contribution in [3.63, 3.8) is 0 Å². The van der Waals surface area contributed by atoms with Crippen LogP contribution in [0.4, 0.5) is 13.2 Å². The van der Waals surface area contributed by atoms with Gasteiger partial charge < -0.3 is 0 Å². The summed E-state index contributed by atoms with van der Waals surface area (Å²) in [5, 5.41) is 9.03. The van der Waals surface area contributed by atoms with Crippen LogP contribution in [0.3, 0.4) is 0 Å². The molecule has 2 rings (SSSR count). The quantitative estimate of drug-likeness (QED) is 0.793. The van der Waals surface area contributed by atoms with Crippen LogP contribution in [-0.4, -0.2) is 4.98 Å². The molecule has 0 unspecified atom stereocenters. The lowest BCUT2D eigenvalue weighted by Gasteiger charge is -2.09. The fourth-order valence-electron chi connectivity index (χ4n) is 1.52. The van der Waals surface area contributed by atoms with E-state index in [1.807, 2.05) is 36.4 Å². The zero-order valence-electron chi connectivity index (χ0n) is 10.2. The second-order valence-corrected chi connectivity index (χ2v) is 4.90. The maximum atomic E-state index is 12.6. The van der Waals surface area contributed by atoms with E-state index in [-0.39, 0.29) is 10.6 Å². The summed E-state index contributed by atoms with van der Waals surface area (Å²) in [4.78, 5) is 3.55. The van der Waals surface area contributed by atoms with Crippen LogP contribution in [0, 0.1) is 11.3 Å². The van der Waals surface area contributed by atoms with Crippen molar-refractivity contribution in [1.82, 2.24) is 4.98 Å². The van der Waals surface area contributed by atoms with E-state index in [1.54, 1.807) is 0 Å². The Hall–Kier alpha value is -2.00. The third kappa shape index (κ3) is 3.52. The maximum Gasteiger partial charge on any atom is 0.433 e. The summed E-state index contributed by atoms with van der Waals surface area (Å²) in [7, 11) is 0. The molecule has 0 atom stereocenters. The SMILES string of the molecule is N#Cc1ccc(C(F)(F)F)nc1SCc1ccccc1. The molecular formula is C14H9F3N2S. The lowest BCUT2D eigenvalue weighted by molar-refractivity contribution is -0.141. The molecule has 0 saturated heterocycles. The van der Waals surface area contributed by atoms with Crippen molar-refractivity contribution in [2.75, 3.05) is 0 Å². The Morgan fingerprint density at radius 1 is 1.10 bits per heavy atom. The largest absolute Gasteiger partial charge is 0.433 e. The van der Waals surface area contributed by atoms with Crippen LogP contribution in [0.5, 0.6) is 0 Å². The molecule has 2 aromatic rings. The predicted molar refractivity (Wildman–Crippen MR) is 70.0 cm³/mol. The number of alkyl halides is 3. The standard InChI is InChI=1S/C14H9F3N2S/c15-14(16,17)12-7-6-11(8-18)13(19-12)20-9-10-4-2-1-3-5-10/h1-7H,9H2. The molecule has 6 heteroatoms. The van der Waals surface area contributed by atoms with E-state index in [2.05, 4.69) is 4.98 Å². The highest BCUT2D eigenvalue weighted by atomic mass is 32.2. The number of benzene rings is 1. The van der Waals surface area contributed by atoms with Gasteiger partial charge in [0.05, 0.1) is 5.56 Å². The first-order valence-corrected chi connectivity index (χ1v) is 6.64. The van der Waals surface area contributed by atoms with Crippen LogP contribution < -0.4 is 0 Å². The summed E-state index contributed by atoms with van der Waals surface area (Å²) in [5.74, 6) is 0.462. The average molecular weight is 294 g/mol. The van der Waals surface area contributed by atoms with Gasteiger partial charge in [0.2, 0.25) is 0 Å². The van der Waals surface area contributed by atoms with E-state index in [9.17, 15) is 13.2 Å². The van der Waals surface area contributed by atoms with E-state index < -0.39 is 11.9 Å². The number of nitriles is 1. The van der Waals surface area contributed by atoms with E-state index in [4.69, 9.17) is 5.26 Å². The van der Waals surface area contributed by atoms with E-state index >= 15 is 0 Å². The highest BCUT2D eigenvalue weighted by molar-refractivity contribution is 7.98. The van der Waals surface area contributed by atoms with Crippen molar-refractivity contribution < 1.29 is 13.2 Å². The maximum absolute atomic E-state index is 12.6. The number of halogens is 3. The summed E-state index contributed by atoms with van der Waals surface area (Å²) < 4.78 is 37.8. The molecule has 0 saturated carbocycles. The van der Waals surface area contributed by atoms with Crippen LogP contribution >= 0.6 is 11.8 Å². The van der Waals surface area contributed by atoms with Gasteiger partial charge in [0.1, 0.15) is 16.8 Å². The molecule has 20 heavy (non-hydrogen) atoms. The van der Waals surface area contributed by atoms with Crippen molar-refractivity contribution >= 4 is 11.8 Å². The van der Waals surface area contributed by atoms with Gasteiger partial charge in [0.15, 0.2) is 0 Å².